The van der Waals surface area contributed by atoms with Gasteiger partial charge in [0.25, 0.3) is 0 Å². The summed E-state index contributed by atoms with van der Waals surface area (Å²) < 4.78 is 63.1. The van der Waals surface area contributed by atoms with Gasteiger partial charge in [0.05, 0.1) is 24.9 Å². The van der Waals surface area contributed by atoms with E-state index in [0.29, 0.717) is 36.7 Å². The van der Waals surface area contributed by atoms with Crippen LogP contribution in [0.5, 0.6) is 0 Å². The molecule has 0 N–H and O–H groups in total. The van der Waals surface area contributed by atoms with Crippen molar-refractivity contribution in [1.82, 2.24) is 0 Å². The van der Waals surface area contributed by atoms with Crippen LogP contribution in [0.2, 0.25) is 0 Å². The number of hydrogen-bond acceptors (Lipinski definition) is 2. The average Bonchev–Trinajstić information content (AvgIpc) is 2.68. The minimum Gasteiger partial charge on any atom is -0.378 e. The quantitative estimate of drug-likeness (QED) is 0.479. The van der Waals surface area contributed by atoms with Crippen molar-refractivity contribution in [3.63, 3.8) is 0 Å². The largest absolute Gasteiger partial charge is 0.412 e. The van der Waals surface area contributed by atoms with Crippen LogP contribution < -0.4 is 0 Å². The fraction of sp³-hybridized carbons (Fsp3) is 0.909. The molecule has 0 aromatic carbocycles. The fourth-order valence-electron chi connectivity index (χ4n) is 5.33. The summed E-state index contributed by atoms with van der Waals surface area (Å²) in [6.07, 6.45) is 5.11. The molecule has 1 saturated carbocycles. The van der Waals surface area contributed by atoms with E-state index in [0.717, 1.165) is 45.3 Å². The molecule has 0 aromatic heterocycles. The molecule has 3 rings (SSSR count). The van der Waals surface area contributed by atoms with Gasteiger partial charge in [0.2, 0.25) is 0 Å². The molecule has 4 atom stereocenters. The molecule has 2 nitrogen and oxygen atoms in total. The Morgan fingerprint density at radius 1 is 0.857 bits per heavy atom. The Balaban J connectivity index is 1.39. The fourth-order valence-corrected chi connectivity index (χ4v) is 5.33. The van der Waals surface area contributed by atoms with Crippen LogP contribution in [0.3, 0.4) is 0 Å². The van der Waals surface area contributed by atoms with Gasteiger partial charge >= 0.3 is 6.18 Å². The monoisotopic (exact) mass is 406 g/mol. The molecule has 28 heavy (non-hydrogen) atoms. The van der Waals surface area contributed by atoms with Gasteiger partial charge in [0.1, 0.15) is 5.83 Å². The first kappa shape index (κ1) is 22.1. The number of allylic oxidation sites excluding steroid dienone is 2. The lowest BCUT2D eigenvalue weighted by atomic mass is 9.76. The van der Waals surface area contributed by atoms with E-state index in [-0.39, 0.29) is 12.2 Å². The lowest BCUT2D eigenvalue weighted by Crippen LogP contribution is -2.40. The van der Waals surface area contributed by atoms with E-state index < -0.39 is 17.9 Å². The van der Waals surface area contributed by atoms with Crippen LogP contribution in [0.15, 0.2) is 11.9 Å². The Labute approximate surface area is 166 Å². The number of ether oxygens (including phenoxy) is 2. The maximum Gasteiger partial charge on any atom is 0.412 e. The van der Waals surface area contributed by atoms with E-state index in [4.69, 9.17) is 9.47 Å². The molecule has 0 bridgehead atoms. The summed E-state index contributed by atoms with van der Waals surface area (Å²) in [6, 6.07) is 0. The third-order valence-electron chi connectivity index (χ3n) is 6.96. The molecule has 1 aliphatic carbocycles. The summed E-state index contributed by atoms with van der Waals surface area (Å²) in [7, 11) is 0. The van der Waals surface area contributed by atoms with Crippen molar-refractivity contribution in [3.8, 4) is 0 Å². The maximum absolute atomic E-state index is 13.8. The first-order valence-corrected chi connectivity index (χ1v) is 11.0. The average molecular weight is 407 g/mol. The van der Waals surface area contributed by atoms with Crippen LogP contribution >= 0.6 is 0 Å². The van der Waals surface area contributed by atoms with Crippen LogP contribution in [0.1, 0.15) is 71.1 Å². The van der Waals surface area contributed by atoms with Crippen molar-refractivity contribution in [1.29, 1.82) is 0 Å². The minimum absolute atomic E-state index is 0.170. The third-order valence-corrected chi connectivity index (χ3v) is 6.96. The van der Waals surface area contributed by atoms with E-state index in [1.165, 1.54) is 19.3 Å². The van der Waals surface area contributed by atoms with Crippen LogP contribution in [0.4, 0.5) is 17.6 Å². The second-order valence-electron chi connectivity index (χ2n) is 9.00. The van der Waals surface area contributed by atoms with Gasteiger partial charge in [-0.3, -0.25) is 0 Å². The number of hydrogen-bond donors (Lipinski definition) is 0. The zero-order chi connectivity index (χ0) is 20.1. The first-order valence-electron chi connectivity index (χ1n) is 11.0. The van der Waals surface area contributed by atoms with Crippen molar-refractivity contribution < 1.29 is 27.0 Å². The maximum atomic E-state index is 13.8. The summed E-state index contributed by atoms with van der Waals surface area (Å²) in [4.78, 5) is 0. The third kappa shape index (κ3) is 6.19. The van der Waals surface area contributed by atoms with Gasteiger partial charge < -0.3 is 9.47 Å². The molecule has 0 aromatic rings. The van der Waals surface area contributed by atoms with Crippen LogP contribution in [-0.2, 0) is 9.47 Å². The summed E-state index contributed by atoms with van der Waals surface area (Å²) in [5.74, 6) is -0.0766. The topological polar surface area (TPSA) is 18.5 Å². The van der Waals surface area contributed by atoms with Gasteiger partial charge in [0, 0.05) is 18.4 Å². The Bertz CT molecular complexity index is 495. The normalized spacial score (nSPS) is 38.4. The smallest absolute Gasteiger partial charge is 0.378 e. The first-order chi connectivity index (χ1) is 13.4. The highest BCUT2D eigenvalue weighted by Crippen LogP contribution is 2.40. The summed E-state index contributed by atoms with van der Waals surface area (Å²) in [6.45, 7) is 3.81. The van der Waals surface area contributed by atoms with Crippen molar-refractivity contribution in [2.24, 2.45) is 23.7 Å². The predicted octanol–water partition coefficient (Wildman–Crippen LogP) is 6.60. The Morgan fingerprint density at radius 2 is 1.46 bits per heavy atom. The van der Waals surface area contributed by atoms with Crippen molar-refractivity contribution in [2.45, 2.75) is 89.5 Å². The molecule has 2 heterocycles. The number of rotatable bonds is 5. The minimum atomic E-state index is -4.57. The molecular weight excluding hydrogens is 372 g/mol. The molecule has 0 amide bonds. The van der Waals surface area contributed by atoms with Gasteiger partial charge in [-0.15, -0.1) is 0 Å². The van der Waals surface area contributed by atoms with Gasteiger partial charge in [-0.2, -0.15) is 13.2 Å². The highest BCUT2D eigenvalue weighted by atomic mass is 19.4. The lowest BCUT2D eigenvalue weighted by molar-refractivity contribution is -0.118. The standard InChI is InChI=1S/C22H34F4O2/c1-2-3-15-4-10-21(27-13-15)18-9-11-20(28-14-18)17-7-5-16(6-8-17)19(23)12-22(24,25)26/h12,15-18,20-21H,2-11,13-14H2,1H3/b19-12-. The highest BCUT2D eigenvalue weighted by molar-refractivity contribution is 5.03. The summed E-state index contributed by atoms with van der Waals surface area (Å²) in [5, 5.41) is 0. The SMILES string of the molecule is CCCC1CCC(C2CCC(C3CCC(/C(F)=C/C(F)(F)F)CC3)OC2)OC1. The molecule has 2 aliphatic heterocycles. The lowest BCUT2D eigenvalue weighted by Gasteiger charge is -2.41. The highest BCUT2D eigenvalue weighted by Gasteiger charge is 2.37. The van der Waals surface area contributed by atoms with Gasteiger partial charge in [-0.1, -0.05) is 13.3 Å². The number of halogens is 4. The van der Waals surface area contributed by atoms with Crippen molar-refractivity contribution >= 4 is 0 Å². The second-order valence-corrected chi connectivity index (χ2v) is 9.00. The Kier molecular flexibility index (Phi) is 7.82. The molecule has 0 radical (unpaired) electrons. The van der Waals surface area contributed by atoms with Gasteiger partial charge in [0.15, 0.2) is 0 Å². The van der Waals surface area contributed by atoms with E-state index >= 15 is 0 Å². The molecular formula is C22H34F4O2. The molecule has 2 saturated heterocycles. The van der Waals surface area contributed by atoms with E-state index in [1.54, 1.807) is 0 Å². The zero-order valence-electron chi connectivity index (χ0n) is 16.9. The van der Waals surface area contributed by atoms with Crippen molar-refractivity contribution in [3.05, 3.63) is 11.9 Å². The van der Waals surface area contributed by atoms with Crippen LogP contribution in [0.25, 0.3) is 0 Å². The Hall–Kier alpha value is -0.620. The zero-order valence-corrected chi connectivity index (χ0v) is 16.9. The summed E-state index contributed by atoms with van der Waals surface area (Å²) in [5.41, 5.74) is 0. The molecule has 162 valence electrons. The molecule has 6 heteroatoms. The van der Waals surface area contributed by atoms with Crippen LogP contribution in [-0.4, -0.2) is 31.6 Å². The second kappa shape index (κ2) is 9.92. The summed E-state index contributed by atoms with van der Waals surface area (Å²) >= 11 is 0. The van der Waals surface area contributed by atoms with E-state index in [1.807, 2.05) is 0 Å². The van der Waals surface area contributed by atoms with Crippen LogP contribution in [0, 0.1) is 23.7 Å². The van der Waals surface area contributed by atoms with Crippen molar-refractivity contribution in [2.75, 3.05) is 13.2 Å². The van der Waals surface area contributed by atoms with Gasteiger partial charge in [-0.25, -0.2) is 4.39 Å². The molecule has 3 fully saturated rings. The molecule has 4 unspecified atom stereocenters. The Morgan fingerprint density at radius 3 is 2.00 bits per heavy atom. The molecule has 3 aliphatic rings. The van der Waals surface area contributed by atoms with E-state index in [9.17, 15) is 17.6 Å². The predicted molar refractivity (Wildman–Crippen MR) is 101 cm³/mol. The molecule has 0 spiro atoms. The van der Waals surface area contributed by atoms with Gasteiger partial charge in [-0.05, 0) is 69.6 Å². The number of alkyl halides is 3. The van der Waals surface area contributed by atoms with E-state index in [2.05, 4.69) is 6.92 Å².